The second kappa shape index (κ2) is 16.5. The van der Waals surface area contributed by atoms with Gasteiger partial charge in [0.1, 0.15) is 0 Å². The summed E-state index contributed by atoms with van der Waals surface area (Å²) in [4.78, 5) is 52.6. The molecule has 0 saturated carbocycles. The number of amides is 1. The van der Waals surface area contributed by atoms with Crippen LogP contribution in [-0.2, 0) is 32.3 Å². The van der Waals surface area contributed by atoms with Crippen LogP contribution in [0.25, 0.3) is 0 Å². The highest BCUT2D eigenvalue weighted by atomic mass is 32.1. The van der Waals surface area contributed by atoms with Gasteiger partial charge in [-0.1, -0.05) is 6.07 Å². The lowest BCUT2D eigenvalue weighted by Gasteiger charge is -2.45. The molecule has 258 valence electrons. The first kappa shape index (κ1) is 40.0. The first-order valence-electron chi connectivity index (χ1n) is 12.7. The molecule has 0 unspecified atom stereocenters. The van der Waals surface area contributed by atoms with E-state index in [0.717, 1.165) is 49.6 Å². The van der Waals surface area contributed by atoms with Crippen LogP contribution in [-0.4, -0.2) is 96.1 Å². The van der Waals surface area contributed by atoms with Gasteiger partial charge in [-0.05, 0) is 37.8 Å². The highest BCUT2D eigenvalue weighted by Crippen LogP contribution is 2.40. The Morgan fingerprint density at radius 3 is 1.72 bits per heavy atom. The maximum Gasteiger partial charge on any atom is 0.490 e. The van der Waals surface area contributed by atoms with Crippen LogP contribution in [0.2, 0.25) is 0 Å². The van der Waals surface area contributed by atoms with E-state index in [4.69, 9.17) is 29.7 Å². The lowest BCUT2D eigenvalue weighted by atomic mass is 9.84. The molecule has 2 aromatic rings. The molecule has 4 heterocycles. The fourth-order valence-electron chi connectivity index (χ4n) is 4.17. The topological polar surface area (TPSA) is 161 Å². The number of aliphatic carboxylic acids is 3. The number of carboxylic acid groups (broad SMARTS) is 3. The monoisotopic (exact) mass is 698 g/mol. The number of aryl methyl sites for hydroxylation is 1. The van der Waals surface area contributed by atoms with Crippen molar-refractivity contribution in [2.75, 3.05) is 13.1 Å². The normalized spacial score (nSPS) is 16.3. The fraction of sp³-hybridized carbons (Fsp3) is 0.520. The smallest absolute Gasteiger partial charge is 0.475 e. The van der Waals surface area contributed by atoms with Gasteiger partial charge in [-0.3, -0.25) is 14.7 Å². The maximum absolute atomic E-state index is 12.5. The lowest BCUT2D eigenvalue weighted by Crippen LogP contribution is -2.52. The third-order valence-electron chi connectivity index (χ3n) is 6.31. The average molecular weight is 699 g/mol. The fourth-order valence-corrected chi connectivity index (χ4v) is 4.77. The van der Waals surface area contributed by atoms with Gasteiger partial charge in [0.25, 0.3) is 0 Å². The molecule has 46 heavy (non-hydrogen) atoms. The van der Waals surface area contributed by atoms with Crippen LogP contribution in [0.15, 0.2) is 29.9 Å². The number of aromatic nitrogens is 2. The number of halogens is 9. The Kier molecular flexibility index (Phi) is 14.4. The van der Waals surface area contributed by atoms with E-state index in [1.165, 1.54) is 5.56 Å². The number of carbonyl (C=O) groups excluding carboxylic acids is 1. The van der Waals surface area contributed by atoms with E-state index in [9.17, 15) is 44.3 Å². The highest BCUT2D eigenvalue weighted by Gasteiger charge is 2.47. The summed E-state index contributed by atoms with van der Waals surface area (Å²) in [5.41, 5.74) is 2.34. The molecule has 0 bridgehead atoms. The Morgan fingerprint density at radius 2 is 1.35 bits per heavy atom. The summed E-state index contributed by atoms with van der Waals surface area (Å²) in [6, 6.07) is 4.13. The molecule has 2 saturated heterocycles. The zero-order valence-corrected chi connectivity index (χ0v) is 24.4. The predicted octanol–water partition coefficient (Wildman–Crippen LogP) is 4.90. The number of piperidine rings is 1. The van der Waals surface area contributed by atoms with Gasteiger partial charge >= 0.3 is 36.4 Å². The molecule has 2 aliphatic heterocycles. The second-order valence-corrected chi connectivity index (χ2v) is 10.7. The van der Waals surface area contributed by atoms with Gasteiger partial charge in [0.05, 0.1) is 17.2 Å². The molecule has 1 spiro atoms. The van der Waals surface area contributed by atoms with Crippen molar-refractivity contribution in [3.05, 3.63) is 46.2 Å². The van der Waals surface area contributed by atoms with Crippen molar-refractivity contribution in [1.29, 1.82) is 0 Å². The number of hydrogen-bond acceptors (Lipinski definition) is 8. The van der Waals surface area contributed by atoms with Crippen molar-refractivity contribution in [3.63, 3.8) is 0 Å². The Balaban J connectivity index is 0.000000413. The molecule has 0 atom stereocenters. The van der Waals surface area contributed by atoms with E-state index in [0.29, 0.717) is 18.9 Å². The number of alkyl halides is 9. The summed E-state index contributed by atoms with van der Waals surface area (Å²) in [7, 11) is 0. The number of thiazole rings is 1. The largest absolute Gasteiger partial charge is 0.490 e. The SMILES string of the molecule is Cc1nc(CN2C(=O)CCC23CCN(Cc2cccnc2)CC3)cs1.O=C(O)C(F)(F)F.O=C(O)C(F)(F)F.O=C(O)C(F)(F)F. The van der Waals surface area contributed by atoms with Gasteiger partial charge in [0, 0.05) is 49.4 Å². The van der Waals surface area contributed by atoms with Crippen molar-refractivity contribution in [2.45, 2.75) is 69.8 Å². The number of nitrogens with zero attached hydrogens (tertiary/aromatic N) is 4. The molecule has 1 amide bonds. The number of rotatable bonds is 4. The third kappa shape index (κ3) is 13.5. The molecule has 11 nitrogen and oxygen atoms in total. The summed E-state index contributed by atoms with van der Waals surface area (Å²) in [5, 5.41) is 24.5. The minimum Gasteiger partial charge on any atom is -0.475 e. The van der Waals surface area contributed by atoms with Crippen molar-refractivity contribution in [2.24, 2.45) is 0 Å². The summed E-state index contributed by atoms with van der Waals surface area (Å²) in [6.45, 7) is 5.71. The van der Waals surface area contributed by atoms with Gasteiger partial charge in [0.2, 0.25) is 5.91 Å². The minimum absolute atomic E-state index is 0.0417. The van der Waals surface area contributed by atoms with Crippen LogP contribution < -0.4 is 0 Å². The quantitative estimate of drug-likeness (QED) is 0.375. The summed E-state index contributed by atoms with van der Waals surface area (Å²) < 4.78 is 95.2. The average Bonchev–Trinajstić information content (AvgIpc) is 3.48. The zero-order valence-electron chi connectivity index (χ0n) is 23.6. The van der Waals surface area contributed by atoms with Gasteiger partial charge in [-0.15, -0.1) is 11.3 Å². The molecular formula is C25H27F9N4O7S. The van der Waals surface area contributed by atoms with Crippen LogP contribution in [0.3, 0.4) is 0 Å². The number of carboxylic acids is 3. The van der Waals surface area contributed by atoms with Crippen LogP contribution in [0.4, 0.5) is 39.5 Å². The Hall–Kier alpha value is -4.01. The van der Waals surface area contributed by atoms with E-state index in [2.05, 4.69) is 31.2 Å². The summed E-state index contributed by atoms with van der Waals surface area (Å²) in [5.74, 6) is -7.97. The van der Waals surface area contributed by atoms with Crippen molar-refractivity contribution in [1.82, 2.24) is 19.8 Å². The lowest BCUT2D eigenvalue weighted by molar-refractivity contribution is -0.193. The van der Waals surface area contributed by atoms with Crippen LogP contribution in [0.5, 0.6) is 0 Å². The van der Waals surface area contributed by atoms with Crippen LogP contribution in [0.1, 0.15) is 41.9 Å². The molecule has 0 aromatic carbocycles. The number of carbonyl (C=O) groups is 4. The number of hydrogen-bond donors (Lipinski definition) is 3. The van der Waals surface area contributed by atoms with Gasteiger partial charge in [0.15, 0.2) is 0 Å². The van der Waals surface area contributed by atoms with Crippen LogP contribution in [0, 0.1) is 6.92 Å². The van der Waals surface area contributed by atoms with Crippen molar-refractivity contribution in [3.8, 4) is 0 Å². The molecule has 3 N–H and O–H groups in total. The van der Waals surface area contributed by atoms with Crippen molar-refractivity contribution >= 4 is 35.2 Å². The van der Waals surface area contributed by atoms with E-state index in [-0.39, 0.29) is 5.54 Å². The second-order valence-electron chi connectivity index (χ2n) is 9.61. The molecular weight excluding hydrogens is 671 g/mol. The van der Waals surface area contributed by atoms with Crippen molar-refractivity contribution < 1.29 is 74.0 Å². The number of pyridine rings is 1. The van der Waals surface area contributed by atoms with E-state index >= 15 is 0 Å². The minimum atomic E-state index is -5.08. The standard InChI is InChI=1S/C19H24N4OS.3C2HF3O2/c1-15-21-17(14-25-15)13-23-18(24)4-5-19(23)6-9-22(10-7-19)12-16-3-2-8-20-11-16;3*3-2(4,5)1(6)7/h2-3,8,11,14H,4-7,9-10,12-13H2,1H3;3*(H,6,7). The highest BCUT2D eigenvalue weighted by molar-refractivity contribution is 7.09. The maximum atomic E-state index is 12.5. The Bertz CT molecular complexity index is 1250. The van der Waals surface area contributed by atoms with E-state index in [1.807, 2.05) is 25.4 Å². The Morgan fingerprint density at radius 1 is 0.870 bits per heavy atom. The summed E-state index contributed by atoms with van der Waals surface area (Å²) in [6.07, 6.45) is -7.69. The molecule has 0 aliphatic carbocycles. The first-order valence-corrected chi connectivity index (χ1v) is 13.6. The van der Waals surface area contributed by atoms with Gasteiger partial charge in [-0.25, -0.2) is 19.4 Å². The Labute approximate surface area is 258 Å². The molecule has 2 fully saturated rings. The molecule has 21 heteroatoms. The first-order chi connectivity index (χ1) is 21.0. The molecule has 2 aliphatic rings. The predicted molar refractivity (Wildman–Crippen MR) is 139 cm³/mol. The zero-order chi connectivity index (χ0) is 35.5. The summed E-state index contributed by atoms with van der Waals surface area (Å²) >= 11 is 1.66. The van der Waals surface area contributed by atoms with E-state index < -0.39 is 36.4 Å². The molecule has 4 rings (SSSR count). The molecule has 0 radical (unpaired) electrons. The van der Waals surface area contributed by atoms with E-state index in [1.54, 1.807) is 11.3 Å². The van der Waals surface area contributed by atoms with Gasteiger partial charge in [-0.2, -0.15) is 39.5 Å². The third-order valence-corrected chi connectivity index (χ3v) is 7.13. The molecule has 2 aromatic heterocycles. The van der Waals surface area contributed by atoms with Crippen LogP contribution >= 0.6 is 11.3 Å². The van der Waals surface area contributed by atoms with Gasteiger partial charge < -0.3 is 20.2 Å². The number of likely N-dealkylation sites (tertiary alicyclic amines) is 2.